The lowest BCUT2D eigenvalue weighted by atomic mass is 9.78. The minimum absolute atomic E-state index is 0. The number of benzene rings is 2. The van der Waals surface area contributed by atoms with Gasteiger partial charge in [-0.1, -0.05) is 41.9 Å². The van der Waals surface area contributed by atoms with Crippen LogP contribution in [-0.2, 0) is 17.6 Å². The summed E-state index contributed by atoms with van der Waals surface area (Å²) in [4.78, 5) is 32.1. The lowest BCUT2D eigenvalue weighted by Gasteiger charge is -2.36. The van der Waals surface area contributed by atoms with Crippen LogP contribution in [0.2, 0.25) is 5.02 Å². The minimum Gasteiger partial charge on any atom is -0.369 e. The van der Waals surface area contributed by atoms with Gasteiger partial charge in [0.05, 0.1) is 0 Å². The predicted octanol–water partition coefficient (Wildman–Crippen LogP) is 4.14. The molecule has 5 rings (SSSR count). The first-order valence-electron chi connectivity index (χ1n) is 12.0. The average molecular weight is 503 g/mol. The smallest absolute Gasteiger partial charge is 0.325 e. The van der Waals surface area contributed by atoms with E-state index >= 15 is 0 Å². The number of amides is 3. The highest BCUT2D eigenvalue weighted by atomic mass is 35.5. The van der Waals surface area contributed by atoms with E-state index in [1.165, 1.54) is 21.7 Å². The van der Waals surface area contributed by atoms with Crippen molar-refractivity contribution in [1.29, 1.82) is 0 Å². The van der Waals surface area contributed by atoms with E-state index in [2.05, 4.69) is 33.3 Å². The Balaban J connectivity index is 0.00000274. The monoisotopic (exact) mass is 502 g/mol. The Morgan fingerprint density at radius 2 is 1.65 bits per heavy atom. The molecule has 2 aromatic carbocycles. The number of carbonyl (C=O) groups excluding carboxylic acids is 2. The minimum atomic E-state index is -0.748. The highest BCUT2D eigenvalue weighted by Crippen LogP contribution is 2.33. The first-order valence-corrected chi connectivity index (χ1v) is 12.4. The van der Waals surface area contributed by atoms with Crippen molar-refractivity contribution >= 4 is 41.6 Å². The second-order valence-electron chi connectivity index (χ2n) is 9.43. The standard InChI is InChI=1S/C26H31ClN4O2.ClH/c27-22-8-5-9-23(18-22)30-16-14-29(15-17-30)12-3-4-13-31-24(32)26(28-25(31)33)11-10-20-6-1-2-7-21(20)19-26;/h1-2,5-9,18H,3-4,10-17,19H2,(H,28,33);1H. The quantitative estimate of drug-likeness (QED) is 0.476. The summed E-state index contributed by atoms with van der Waals surface area (Å²) in [6.07, 6.45) is 3.92. The van der Waals surface area contributed by atoms with Crippen molar-refractivity contribution in [2.24, 2.45) is 0 Å². The summed E-state index contributed by atoms with van der Waals surface area (Å²) >= 11 is 6.13. The molecule has 2 aliphatic heterocycles. The van der Waals surface area contributed by atoms with Crippen molar-refractivity contribution in [2.45, 2.75) is 37.6 Å². The number of hydrogen-bond donors (Lipinski definition) is 1. The molecule has 3 amide bonds. The van der Waals surface area contributed by atoms with Crippen molar-refractivity contribution in [2.75, 3.05) is 44.2 Å². The van der Waals surface area contributed by atoms with E-state index in [0.717, 1.165) is 57.0 Å². The van der Waals surface area contributed by atoms with Crippen LogP contribution in [0.15, 0.2) is 48.5 Å². The zero-order valence-corrected chi connectivity index (χ0v) is 20.9. The number of imide groups is 1. The lowest BCUT2D eigenvalue weighted by molar-refractivity contribution is -0.131. The van der Waals surface area contributed by atoms with Crippen molar-refractivity contribution in [3.63, 3.8) is 0 Å². The van der Waals surface area contributed by atoms with E-state index in [4.69, 9.17) is 11.6 Å². The van der Waals surface area contributed by atoms with Crippen LogP contribution in [-0.4, -0.2) is 66.5 Å². The molecule has 0 aromatic heterocycles. The number of rotatable bonds is 6. The molecular weight excluding hydrogens is 471 g/mol. The number of carbonyl (C=O) groups is 2. The highest BCUT2D eigenvalue weighted by Gasteiger charge is 2.51. The van der Waals surface area contributed by atoms with E-state index < -0.39 is 5.54 Å². The van der Waals surface area contributed by atoms with E-state index in [1.807, 2.05) is 30.3 Å². The number of nitrogens with zero attached hydrogens (tertiary/aromatic N) is 3. The van der Waals surface area contributed by atoms with Crippen LogP contribution in [0.1, 0.15) is 30.4 Å². The van der Waals surface area contributed by atoms with E-state index in [0.29, 0.717) is 19.4 Å². The molecule has 1 N–H and O–H groups in total. The van der Waals surface area contributed by atoms with Crippen LogP contribution in [0, 0.1) is 0 Å². The van der Waals surface area contributed by atoms with Crippen molar-refractivity contribution in [3.05, 3.63) is 64.7 Å². The molecule has 1 unspecified atom stereocenters. The summed E-state index contributed by atoms with van der Waals surface area (Å²) in [7, 11) is 0. The Morgan fingerprint density at radius 1 is 0.912 bits per heavy atom. The first-order chi connectivity index (χ1) is 16.0. The molecule has 0 saturated carbocycles. The molecule has 2 aromatic rings. The van der Waals surface area contributed by atoms with E-state index in [9.17, 15) is 9.59 Å². The molecule has 182 valence electrons. The van der Waals surface area contributed by atoms with Crippen molar-refractivity contribution in [1.82, 2.24) is 15.1 Å². The third-order valence-corrected chi connectivity index (χ3v) is 7.56. The summed E-state index contributed by atoms with van der Waals surface area (Å²) < 4.78 is 0. The Morgan fingerprint density at radius 3 is 2.41 bits per heavy atom. The molecule has 1 aliphatic carbocycles. The maximum atomic E-state index is 13.2. The molecule has 0 bridgehead atoms. The van der Waals surface area contributed by atoms with Crippen LogP contribution in [0.5, 0.6) is 0 Å². The number of halogens is 2. The van der Waals surface area contributed by atoms with Crippen molar-refractivity contribution in [3.8, 4) is 0 Å². The molecule has 3 aliphatic rings. The van der Waals surface area contributed by atoms with Crippen LogP contribution in [0.25, 0.3) is 0 Å². The fourth-order valence-corrected chi connectivity index (χ4v) is 5.60. The molecule has 34 heavy (non-hydrogen) atoms. The number of piperazine rings is 1. The zero-order valence-electron chi connectivity index (χ0n) is 19.3. The first kappa shape index (κ1) is 24.8. The molecule has 6 nitrogen and oxygen atoms in total. The fourth-order valence-electron chi connectivity index (χ4n) is 5.41. The topological polar surface area (TPSA) is 55.9 Å². The maximum Gasteiger partial charge on any atom is 0.325 e. The van der Waals surface area contributed by atoms with Gasteiger partial charge in [0.15, 0.2) is 0 Å². The van der Waals surface area contributed by atoms with Gasteiger partial charge in [-0.15, -0.1) is 12.4 Å². The zero-order chi connectivity index (χ0) is 22.8. The summed E-state index contributed by atoms with van der Waals surface area (Å²) in [5, 5.41) is 3.81. The summed E-state index contributed by atoms with van der Waals surface area (Å²) in [5.41, 5.74) is 2.90. The third-order valence-electron chi connectivity index (χ3n) is 7.33. The number of hydrogen-bond acceptors (Lipinski definition) is 4. The average Bonchev–Trinajstić information content (AvgIpc) is 3.05. The molecule has 0 radical (unpaired) electrons. The predicted molar refractivity (Wildman–Crippen MR) is 138 cm³/mol. The molecule has 2 saturated heterocycles. The summed E-state index contributed by atoms with van der Waals surface area (Å²) in [6.45, 7) is 5.48. The SMILES string of the molecule is Cl.O=C1NC2(CCc3ccccc3C2)C(=O)N1CCCCN1CCN(c2cccc(Cl)c2)CC1. The number of unbranched alkanes of at least 4 members (excludes halogenated alkanes) is 1. The van der Waals surface area contributed by atoms with Crippen LogP contribution in [0.3, 0.4) is 0 Å². The molecular formula is C26H32Cl2N4O2. The largest absolute Gasteiger partial charge is 0.369 e. The highest BCUT2D eigenvalue weighted by molar-refractivity contribution is 6.30. The van der Waals surface area contributed by atoms with Crippen LogP contribution in [0.4, 0.5) is 10.5 Å². The van der Waals surface area contributed by atoms with Gasteiger partial charge in [-0.3, -0.25) is 14.6 Å². The Labute approximate surface area is 212 Å². The van der Waals surface area contributed by atoms with Crippen molar-refractivity contribution < 1.29 is 9.59 Å². The molecule has 1 spiro atoms. The number of aryl methyl sites for hydroxylation is 1. The van der Waals surface area contributed by atoms with Crippen LogP contribution >= 0.6 is 24.0 Å². The van der Waals surface area contributed by atoms with Gasteiger partial charge >= 0.3 is 6.03 Å². The summed E-state index contributed by atoms with van der Waals surface area (Å²) in [6, 6.07) is 16.0. The van der Waals surface area contributed by atoms with Gasteiger partial charge < -0.3 is 10.2 Å². The van der Waals surface area contributed by atoms with E-state index in [1.54, 1.807) is 0 Å². The van der Waals surface area contributed by atoms with Gasteiger partial charge in [-0.05, 0) is 61.6 Å². The summed E-state index contributed by atoms with van der Waals surface area (Å²) in [5.74, 6) is -0.0443. The van der Waals surface area contributed by atoms with Gasteiger partial charge in [0.1, 0.15) is 5.54 Å². The van der Waals surface area contributed by atoms with Gasteiger partial charge in [0.25, 0.3) is 5.91 Å². The Bertz CT molecular complexity index is 1040. The second-order valence-corrected chi connectivity index (χ2v) is 9.87. The molecule has 8 heteroatoms. The second kappa shape index (κ2) is 10.5. The Kier molecular flexibility index (Phi) is 7.70. The van der Waals surface area contributed by atoms with Crippen LogP contribution < -0.4 is 10.2 Å². The Hall–Kier alpha value is -2.28. The molecule has 1 atom stereocenters. The number of urea groups is 1. The van der Waals surface area contributed by atoms with Gasteiger partial charge in [0, 0.05) is 49.9 Å². The number of fused-ring (bicyclic) bond motifs is 1. The molecule has 2 heterocycles. The maximum absolute atomic E-state index is 13.2. The van der Waals surface area contributed by atoms with Gasteiger partial charge in [0.2, 0.25) is 0 Å². The fraction of sp³-hybridized carbons (Fsp3) is 0.462. The van der Waals surface area contributed by atoms with Gasteiger partial charge in [-0.25, -0.2) is 4.79 Å². The molecule has 2 fully saturated rings. The van der Waals surface area contributed by atoms with Gasteiger partial charge in [-0.2, -0.15) is 0 Å². The lowest BCUT2D eigenvalue weighted by Crippen LogP contribution is -2.51. The van der Waals surface area contributed by atoms with E-state index in [-0.39, 0.29) is 24.3 Å². The number of nitrogens with one attached hydrogen (secondary N) is 1. The third kappa shape index (κ3) is 5.04. The normalized spacial score (nSPS) is 22.5. The number of anilines is 1.